The van der Waals surface area contributed by atoms with Crippen LogP contribution in [0, 0.1) is 11.8 Å². The lowest BCUT2D eigenvalue weighted by Crippen LogP contribution is -2.48. The van der Waals surface area contributed by atoms with E-state index in [9.17, 15) is 0 Å². The Labute approximate surface area is 104 Å². The van der Waals surface area contributed by atoms with E-state index in [2.05, 4.69) is 41.3 Å². The molecular formula is C14H23N3. The van der Waals surface area contributed by atoms with E-state index in [4.69, 9.17) is 0 Å². The fourth-order valence-electron chi connectivity index (χ4n) is 2.30. The lowest BCUT2D eigenvalue weighted by molar-refractivity contribution is 0.187. The summed E-state index contributed by atoms with van der Waals surface area (Å²) in [4.78, 5) is 6.78. The van der Waals surface area contributed by atoms with Crippen molar-refractivity contribution >= 4 is 0 Å². The van der Waals surface area contributed by atoms with E-state index in [-0.39, 0.29) is 0 Å². The number of likely N-dealkylation sites (N-methyl/N-ethyl adjacent to an activating group) is 1. The van der Waals surface area contributed by atoms with Crippen molar-refractivity contribution in [3.8, 4) is 0 Å². The van der Waals surface area contributed by atoms with Crippen LogP contribution in [0.25, 0.3) is 0 Å². The van der Waals surface area contributed by atoms with Gasteiger partial charge in [0.1, 0.15) is 0 Å². The van der Waals surface area contributed by atoms with Gasteiger partial charge in [-0.2, -0.15) is 0 Å². The zero-order valence-electron chi connectivity index (χ0n) is 10.9. The first-order valence-corrected chi connectivity index (χ1v) is 6.55. The van der Waals surface area contributed by atoms with Gasteiger partial charge < -0.3 is 10.2 Å². The van der Waals surface area contributed by atoms with Crippen LogP contribution >= 0.6 is 0 Å². The third-order valence-corrected chi connectivity index (χ3v) is 3.69. The van der Waals surface area contributed by atoms with E-state index in [0.29, 0.717) is 0 Å². The van der Waals surface area contributed by atoms with Gasteiger partial charge in [-0.05, 0) is 44.1 Å². The summed E-state index contributed by atoms with van der Waals surface area (Å²) in [6.07, 6.45) is 2.92. The summed E-state index contributed by atoms with van der Waals surface area (Å²) in [6, 6.07) is 6.14. The number of pyridine rings is 1. The Kier molecular flexibility index (Phi) is 4.51. The molecule has 3 heteroatoms. The molecule has 1 aliphatic heterocycles. The molecule has 2 heterocycles. The standard InChI is InChI=1S/C14H23N3/c1-12(13-9-15-10-13)11-17(2)8-6-14-5-3-4-7-16-14/h3-5,7,12-13,15H,6,8-11H2,1-2H3. The minimum absolute atomic E-state index is 0.796. The van der Waals surface area contributed by atoms with Gasteiger partial charge in [0.15, 0.2) is 0 Å². The second-order valence-electron chi connectivity index (χ2n) is 5.23. The summed E-state index contributed by atoms with van der Waals surface area (Å²) in [5, 5.41) is 3.34. The molecule has 0 spiro atoms. The Morgan fingerprint density at radius 1 is 1.47 bits per heavy atom. The van der Waals surface area contributed by atoms with Crippen molar-refractivity contribution in [2.75, 3.05) is 33.2 Å². The minimum Gasteiger partial charge on any atom is -0.316 e. The van der Waals surface area contributed by atoms with Crippen LogP contribution in [0.2, 0.25) is 0 Å². The van der Waals surface area contributed by atoms with Crippen molar-refractivity contribution in [1.29, 1.82) is 0 Å². The molecule has 1 aromatic heterocycles. The van der Waals surface area contributed by atoms with Gasteiger partial charge in [0.25, 0.3) is 0 Å². The monoisotopic (exact) mass is 233 g/mol. The third-order valence-electron chi connectivity index (χ3n) is 3.69. The summed E-state index contributed by atoms with van der Waals surface area (Å²) >= 11 is 0. The summed E-state index contributed by atoms with van der Waals surface area (Å²) in [7, 11) is 2.21. The van der Waals surface area contributed by atoms with Crippen molar-refractivity contribution in [3.05, 3.63) is 30.1 Å². The molecule has 94 valence electrons. The predicted octanol–water partition coefficient (Wildman–Crippen LogP) is 1.41. The molecule has 1 fully saturated rings. The van der Waals surface area contributed by atoms with Crippen molar-refractivity contribution < 1.29 is 0 Å². The van der Waals surface area contributed by atoms with Crippen LogP contribution in [0.3, 0.4) is 0 Å². The normalized spacial score (nSPS) is 18.1. The fraction of sp³-hybridized carbons (Fsp3) is 0.643. The van der Waals surface area contributed by atoms with Crippen molar-refractivity contribution in [1.82, 2.24) is 15.2 Å². The van der Waals surface area contributed by atoms with Gasteiger partial charge in [-0.25, -0.2) is 0 Å². The molecule has 17 heavy (non-hydrogen) atoms. The molecule has 0 aromatic carbocycles. The molecule has 0 saturated carbocycles. The molecule has 1 unspecified atom stereocenters. The number of nitrogens with zero attached hydrogens (tertiary/aromatic N) is 2. The number of hydrogen-bond acceptors (Lipinski definition) is 3. The first kappa shape index (κ1) is 12.5. The Morgan fingerprint density at radius 2 is 2.29 bits per heavy atom. The summed E-state index contributed by atoms with van der Waals surface area (Å²) in [6.45, 7) is 7.06. The number of nitrogens with one attached hydrogen (secondary N) is 1. The molecular weight excluding hydrogens is 210 g/mol. The SMILES string of the molecule is CC(CN(C)CCc1ccccn1)C1CNC1. The molecule has 1 saturated heterocycles. The number of rotatable bonds is 6. The lowest BCUT2D eigenvalue weighted by Gasteiger charge is -2.34. The largest absolute Gasteiger partial charge is 0.316 e. The molecule has 1 N–H and O–H groups in total. The van der Waals surface area contributed by atoms with Gasteiger partial charge in [-0.3, -0.25) is 4.98 Å². The van der Waals surface area contributed by atoms with Gasteiger partial charge in [0, 0.05) is 31.4 Å². The van der Waals surface area contributed by atoms with Gasteiger partial charge in [0.05, 0.1) is 0 Å². The first-order valence-electron chi connectivity index (χ1n) is 6.55. The van der Waals surface area contributed by atoms with E-state index in [1.165, 1.54) is 25.3 Å². The molecule has 3 nitrogen and oxygen atoms in total. The summed E-state index contributed by atoms with van der Waals surface area (Å²) < 4.78 is 0. The topological polar surface area (TPSA) is 28.2 Å². The average Bonchev–Trinajstić information content (AvgIpc) is 2.25. The highest BCUT2D eigenvalue weighted by Crippen LogP contribution is 2.16. The smallest absolute Gasteiger partial charge is 0.0416 e. The van der Waals surface area contributed by atoms with Gasteiger partial charge >= 0.3 is 0 Å². The van der Waals surface area contributed by atoms with Crippen molar-refractivity contribution in [2.45, 2.75) is 13.3 Å². The molecule has 0 bridgehead atoms. The minimum atomic E-state index is 0.796. The highest BCUT2D eigenvalue weighted by molar-refractivity contribution is 5.03. The molecule has 2 rings (SSSR count). The molecule has 1 atom stereocenters. The van der Waals surface area contributed by atoms with Crippen LogP contribution in [0.15, 0.2) is 24.4 Å². The first-order chi connectivity index (χ1) is 8.25. The van der Waals surface area contributed by atoms with E-state index in [0.717, 1.165) is 24.8 Å². The van der Waals surface area contributed by atoms with Crippen LogP contribution in [0.5, 0.6) is 0 Å². The second kappa shape index (κ2) is 6.12. The number of hydrogen-bond donors (Lipinski definition) is 1. The van der Waals surface area contributed by atoms with E-state index in [1.807, 2.05) is 12.3 Å². The van der Waals surface area contributed by atoms with Gasteiger partial charge in [-0.1, -0.05) is 13.0 Å². The number of aromatic nitrogens is 1. The van der Waals surface area contributed by atoms with Crippen LogP contribution in [0.1, 0.15) is 12.6 Å². The molecule has 1 aromatic rings. The summed E-state index contributed by atoms with van der Waals surface area (Å²) in [5.41, 5.74) is 1.19. The quantitative estimate of drug-likeness (QED) is 0.805. The van der Waals surface area contributed by atoms with Crippen molar-refractivity contribution in [3.63, 3.8) is 0 Å². The molecule has 0 amide bonds. The Balaban J connectivity index is 1.68. The highest BCUT2D eigenvalue weighted by atomic mass is 15.1. The van der Waals surface area contributed by atoms with Gasteiger partial charge in [0.2, 0.25) is 0 Å². The fourth-order valence-corrected chi connectivity index (χ4v) is 2.30. The Morgan fingerprint density at radius 3 is 2.88 bits per heavy atom. The zero-order valence-corrected chi connectivity index (χ0v) is 10.9. The lowest BCUT2D eigenvalue weighted by atomic mass is 9.88. The molecule has 1 aliphatic rings. The maximum atomic E-state index is 4.36. The molecule has 0 aliphatic carbocycles. The van der Waals surface area contributed by atoms with Crippen LogP contribution in [0.4, 0.5) is 0 Å². The second-order valence-corrected chi connectivity index (χ2v) is 5.23. The van der Waals surface area contributed by atoms with E-state index >= 15 is 0 Å². The maximum Gasteiger partial charge on any atom is 0.0416 e. The Bertz CT molecular complexity index is 321. The van der Waals surface area contributed by atoms with E-state index < -0.39 is 0 Å². The summed E-state index contributed by atoms with van der Waals surface area (Å²) in [5.74, 6) is 1.68. The Hall–Kier alpha value is -0.930. The maximum absolute atomic E-state index is 4.36. The third kappa shape index (κ3) is 3.79. The van der Waals surface area contributed by atoms with Crippen LogP contribution in [-0.2, 0) is 6.42 Å². The molecule has 0 radical (unpaired) electrons. The predicted molar refractivity (Wildman–Crippen MR) is 71.0 cm³/mol. The van der Waals surface area contributed by atoms with Crippen LogP contribution in [-0.4, -0.2) is 43.1 Å². The average molecular weight is 233 g/mol. The zero-order chi connectivity index (χ0) is 12.1. The van der Waals surface area contributed by atoms with Crippen molar-refractivity contribution in [2.24, 2.45) is 11.8 Å². The van der Waals surface area contributed by atoms with Crippen LogP contribution < -0.4 is 5.32 Å². The van der Waals surface area contributed by atoms with E-state index in [1.54, 1.807) is 0 Å². The highest BCUT2D eigenvalue weighted by Gasteiger charge is 2.23. The van der Waals surface area contributed by atoms with Gasteiger partial charge in [-0.15, -0.1) is 0 Å².